The normalized spacial score (nSPS) is 18.9. The van der Waals surface area contributed by atoms with Crippen molar-refractivity contribution in [1.82, 2.24) is 4.90 Å². The zero-order valence-electron chi connectivity index (χ0n) is 13.3. The van der Waals surface area contributed by atoms with Crippen LogP contribution in [0.3, 0.4) is 0 Å². The van der Waals surface area contributed by atoms with Gasteiger partial charge in [-0.25, -0.2) is 4.79 Å². The molecule has 0 saturated carbocycles. The van der Waals surface area contributed by atoms with E-state index >= 15 is 0 Å². The Morgan fingerprint density at radius 2 is 2.14 bits per heavy atom. The van der Waals surface area contributed by atoms with E-state index in [1.165, 1.54) is 16.7 Å². The molecule has 4 heteroatoms. The standard InChI is InChI=1S/C17H24BrNO2/c1-12-11-19(16(20)21-17(2,3)4)8-7-14-6-5-13(10-18)9-15(12)14/h5-6,9,12H,7-8,10-11H2,1-4H3/t12-/m0/s1. The van der Waals surface area contributed by atoms with Gasteiger partial charge in [0.1, 0.15) is 5.60 Å². The summed E-state index contributed by atoms with van der Waals surface area (Å²) in [6.45, 7) is 9.34. The summed E-state index contributed by atoms with van der Waals surface area (Å²) in [5, 5.41) is 0.864. The number of rotatable bonds is 1. The van der Waals surface area contributed by atoms with Crippen molar-refractivity contribution in [3.63, 3.8) is 0 Å². The minimum Gasteiger partial charge on any atom is -0.444 e. The van der Waals surface area contributed by atoms with Gasteiger partial charge in [0.2, 0.25) is 0 Å². The highest BCUT2D eigenvalue weighted by Gasteiger charge is 2.27. The Morgan fingerprint density at radius 1 is 1.43 bits per heavy atom. The molecule has 0 N–H and O–H groups in total. The van der Waals surface area contributed by atoms with Gasteiger partial charge < -0.3 is 9.64 Å². The second-order valence-corrected chi connectivity index (χ2v) is 7.30. The highest BCUT2D eigenvalue weighted by Crippen LogP contribution is 2.27. The molecule has 0 aliphatic carbocycles. The molecule has 1 amide bonds. The van der Waals surface area contributed by atoms with Crippen LogP contribution in [0.15, 0.2) is 18.2 Å². The molecule has 1 aliphatic heterocycles. The van der Waals surface area contributed by atoms with Crippen LogP contribution in [-0.2, 0) is 16.5 Å². The molecule has 1 atom stereocenters. The van der Waals surface area contributed by atoms with E-state index in [1.54, 1.807) is 0 Å². The van der Waals surface area contributed by atoms with Crippen LogP contribution in [0.4, 0.5) is 4.79 Å². The van der Waals surface area contributed by atoms with Crippen molar-refractivity contribution in [2.75, 3.05) is 13.1 Å². The van der Waals surface area contributed by atoms with Gasteiger partial charge in [0.15, 0.2) is 0 Å². The van der Waals surface area contributed by atoms with Crippen LogP contribution in [0.5, 0.6) is 0 Å². The van der Waals surface area contributed by atoms with E-state index in [4.69, 9.17) is 4.74 Å². The van der Waals surface area contributed by atoms with E-state index in [-0.39, 0.29) is 6.09 Å². The van der Waals surface area contributed by atoms with Crippen molar-refractivity contribution >= 4 is 22.0 Å². The van der Waals surface area contributed by atoms with Gasteiger partial charge in [-0.3, -0.25) is 0 Å². The third kappa shape index (κ3) is 4.22. The third-order valence-corrected chi connectivity index (χ3v) is 4.34. The second-order valence-electron chi connectivity index (χ2n) is 6.74. The van der Waals surface area contributed by atoms with Crippen molar-refractivity contribution in [3.05, 3.63) is 34.9 Å². The molecule has 21 heavy (non-hydrogen) atoms. The maximum Gasteiger partial charge on any atom is 0.410 e. The van der Waals surface area contributed by atoms with Crippen LogP contribution in [0, 0.1) is 0 Å². The van der Waals surface area contributed by atoms with E-state index in [0.29, 0.717) is 12.5 Å². The van der Waals surface area contributed by atoms with Crippen molar-refractivity contribution in [2.45, 2.75) is 51.0 Å². The average molecular weight is 354 g/mol. The van der Waals surface area contributed by atoms with Gasteiger partial charge in [0.25, 0.3) is 0 Å². The Bertz CT molecular complexity index is 522. The number of nitrogens with zero attached hydrogens (tertiary/aromatic N) is 1. The lowest BCUT2D eigenvalue weighted by Gasteiger charge is -2.27. The lowest BCUT2D eigenvalue weighted by Crippen LogP contribution is -2.38. The van der Waals surface area contributed by atoms with Gasteiger partial charge in [-0.05, 0) is 49.8 Å². The molecule has 1 heterocycles. The first-order valence-electron chi connectivity index (χ1n) is 7.46. The number of alkyl halides is 1. The number of hydrogen-bond acceptors (Lipinski definition) is 2. The fraction of sp³-hybridized carbons (Fsp3) is 0.588. The average Bonchev–Trinajstić information content (AvgIpc) is 2.56. The molecule has 1 aliphatic rings. The van der Waals surface area contributed by atoms with Crippen molar-refractivity contribution in [2.24, 2.45) is 0 Å². The summed E-state index contributed by atoms with van der Waals surface area (Å²) in [7, 11) is 0. The predicted octanol–water partition coefficient (Wildman–Crippen LogP) is 4.48. The molecule has 0 spiro atoms. The van der Waals surface area contributed by atoms with Crippen LogP contribution < -0.4 is 0 Å². The first-order valence-corrected chi connectivity index (χ1v) is 8.58. The fourth-order valence-corrected chi connectivity index (χ4v) is 3.03. The first kappa shape index (κ1) is 16.3. The topological polar surface area (TPSA) is 29.5 Å². The lowest BCUT2D eigenvalue weighted by atomic mass is 9.94. The zero-order valence-corrected chi connectivity index (χ0v) is 14.9. The third-order valence-electron chi connectivity index (χ3n) is 3.69. The van der Waals surface area contributed by atoms with Crippen LogP contribution in [0.25, 0.3) is 0 Å². The molecule has 0 saturated heterocycles. The van der Waals surface area contributed by atoms with Gasteiger partial charge >= 0.3 is 6.09 Å². The number of hydrogen-bond donors (Lipinski definition) is 0. The number of carbonyl (C=O) groups is 1. The summed E-state index contributed by atoms with van der Waals surface area (Å²) >= 11 is 3.51. The number of carbonyl (C=O) groups excluding carboxylic acids is 1. The lowest BCUT2D eigenvalue weighted by molar-refractivity contribution is 0.0248. The van der Waals surface area contributed by atoms with E-state index in [9.17, 15) is 4.79 Å². The summed E-state index contributed by atoms with van der Waals surface area (Å²) < 4.78 is 5.50. The SMILES string of the molecule is C[C@H]1CN(C(=O)OC(C)(C)C)CCc2ccc(CBr)cc21. The largest absolute Gasteiger partial charge is 0.444 e. The smallest absolute Gasteiger partial charge is 0.410 e. The fourth-order valence-electron chi connectivity index (χ4n) is 2.68. The molecule has 3 nitrogen and oxygen atoms in total. The molecule has 0 radical (unpaired) electrons. The molecule has 2 rings (SSSR count). The second kappa shape index (κ2) is 6.39. The molecular formula is C17H24BrNO2. The summed E-state index contributed by atoms with van der Waals surface area (Å²) in [6, 6.07) is 6.61. The van der Waals surface area contributed by atoms with Gasteiger partial charge in [0, 0.05) is 18.4 Å². The Hall–Kier alpha value is -1.03. The summed E-state index contributed by atoms with van der Waals surface area (Å²) in [4.78, 5) is 14.1. The van der Waals surface area contributed by atoms with Crippen molar-refractivity contribution < 1.29 is 9.53 Å². The first-order chi connectivity index (χ1) is 9.80. The molecule has 0 fully saturated rings. The maximum atomic E-state index is 12.3. The quantitative estimate of drug-likeness (QED) is 0.696. The molecule has 0 unspecified atom stereocenters. The highest BCUT2D eigenvalue weighted by atomic mass is 79.9. The van der Waals surface area contributed by atoms with E-state index in [1.807, 2.05) is 25.7 Å². The Labute approximate surface area is 135 Å². The summed E-state index contributed by atoms with van der Waals surface area (Å²) in [6.07, 6.45) is 0.685. The molecule has 0 aromatic heterocycles. The van der Waals surface area contributed by atoms with Crippen molar-refractivity contribution in [1.29, 1.82) is 0 Å². The van der Waals surface area contributed by atoms with Crippen LogP contribution >= 0.6 is 15.9 Å². The van der Waals surface area contributed by atoms with E-state index in [2.05, 4.69) is 41.1 Å². The number of benzene rings is 1. The van der Waals surface area contributed by atoms with E-state index in [0.717, 1.165) is 18.3 Å². The Morgan fingerprint density at radius 3 is 2.76 bits per heavy atom. The van der Waals surface area contributed by atoms with Crippen LogP contribution in [-0.4, -0.2) is 29.7 Å². The predicted molar refractivity (Wildman–Crippen MR) is 89.0 cm³/mol. The maximum absolute atomic E-state index is 12.3. The van der Waals surface area contributed by atoms with Crippen LogP contribution in [0.1, 0.15) is 50.3 Å². The van der Waals surface area contributed by atoms with Gasteiger partial charge in [-0.15, -0.1) is 0 Å². The number of fused-ring (bicyclic) bond motifs is 1. The summed E-state index contributed by atoms with van der Waals surface area (Å²) in [5.74, 6) is 0.328. The summed E-state index contributed by atoms with van der Waals surface area (Å²) in [5.41, 5.74) is 3.55. The zero-order chi connectivity index (χ0) is 15.6. The van der Waals surface area contributed by atoms with Crippen molar-refractivity contribution in [3.8, 4) is 0 Å². The number of halogens is 1. The monoisotopic (exact) mass is 353 g/mol. The van der Waals surface area contributed by atoms with Crippen LogP contribution in [0.2, 0.25) is 0 Å². The molecule has 1 aromatic carbocycles. The van der Waals surface area contributed by atoms with Gasteiger partial charge in [-0.1, -0.05) is 41.1 Å². The van der Waals surface area contributed by atoms with Gasteiger partial charge in [-0.2, -0.15) is 0 Å². The van der Waals surface area contributed by atoms with Gasteiger partial charge in [0.05, 0.1) is 0 Å². The highest BCUT2D eigenvalue weighted by molar-refractivity contribution is 9.08. The minimum absolute atomic E-state index is 0.206. The number of amides is 1. The number of ether oxygens (including phenoxy) is 1. The van der Waals surface area contributed by atoms with E-state index < -0.39 is 5.60 Å². The molecule has 1 aromatic rings. The molecule has 0 bridgehead atoms. The minimum atomic E-state index is -0.442. The molecule has 116 valence electrons. The Balaban J connectivity index is 2.16. The molecular weight excluding hydrogens is 330 g/mol. The Kier molecular flexibility index (Phi) is 4.97.